The fraction of sp³-hybridized carbons (Fsp3) is 0.786. The molecule has 3 N–H and O–H groups in total. The lowest BCUT2D eigenvalue weighted by molar-refractivity contribution is -0.148. The third-order valence-electron chi connectivity index (χ3n) is 4.67. The Hall–Kier alpha value is -1.79. The highest BCUT2D eigenvalue weighted by molar-refractivity contribution is 5.82. The molecule has 7 heteroatoms. The van der Waals surface area contributed by atoms with Crippen LogP contribution in [-0.2, 0) is 9.59 Å². The van der Waals surface area contributed by atoms with Crippen molar-refractivity contribution in [1.82, 2.24) is 9.80 Å². The summed E-state index contributed by atoms with van der Waals surface area (Å²) in [4.78, 5) is 38.3. The van der Waals surface area contributed by atoms with E-state index in [0.717, 1.165) is 6.42 Å². The molecule has 0 saturated carbocycles. The van der Waals surface area contributed by atoms with Crippen LogP contribution in [0.15, 0.2) is 0 Å². The van der Waals surface area contributed by atoms with Gasteiger partial charge < -0.3 is 20.6 Å². The highest BCUT2D eigenvalue weighted by Crippen LogP contribution is 2.36. The van der Waals surface area contributed by atoms with Gasteiger partial charge in [-0.2, -0.15) is 0 Å². The number of primary amides is 1. The minimum absolute atomic E-state index is 0.169. The number of amides is 3. The van der Waals surface area contributed by atoms with Crippen LogP contribution < -0.4 is 5.73 Å². The first kappa shape index (κ1) is 15.6. The van der Waals surface area contributed by atoms with Crippen LogP contribution in [0.5, 0.6) is 0 Å². The lowest BCUT2D eigenvalue weighted by Crippen LogP contribution is -2.43. The van der Waals surface area contributed by atoms with E-state index in [4.69, 9.17) is 5.73 Å². The number of carboxylic acid groups (broad SMARTS) is 1. The van der Waals surface area contributed by atoms with Crippen LogP contribution in [0.4, 0.5) is 4.79 Å². The van der Waals surface area contributed by atoms with E-state index in [1.165, 1.54) is 0 Å². The van der Waals surface area contributed by atoms with Gasteiger partial charge in [-0.15, -0.1) is 0 Å². The molecule has 2 aliphatic heterocycles. The van der Waals surface area contributed by atoms with Gasteiger partial charge in [0.05, 0.1) is 11.3 Å². The summed E-state index contributed by atoms with van der Waals surface area (Å²) in [6.07, 6.45) is 2.45. The van der Waals surface area contributed by atoms with E-state index in [2.05, 4.69) is 0 Å². The Labute approximate surface area is 124 Å². The largest absolute Gasteiger partial charge is 0.481 e. The molecular formula is C14H23N3O4. The van der Waals surface area contributed by atoms with Crippen molar-refractivity contribution in [2.75, 3.05) is 26.2 Å². The van der Waals surface area contributed by atoms with Gasteiger partial charge >= 0.3 is 12.0 Å². The maximum absolute atomic E-state index is 12.4. The molecule has 2 atom stereocenters. The summed E-state index contributed by atoms with van der Waals surface area (Å²) in [5, 5.41) is 9.46. The monoisotopic (exact) mass is 297 g/mol. The van der Waals surface area contributed by atoms with E-state index in [1.807, 2.05) is 6.92 Å². The van der Waals surface area contributed by atoms with Gasteiger partial charge in [-0.25, -0.2) is 4.79 Å². The number of rotatable bonds is 4. The molecule has 118 valence electrons. The topological polar surface area (TPSA) is 104 Å². The van der Waals surface area contributed by atoms with Crippen LogP contribution in [0.25, 0.3) is 0 Å². The van der Waals surface area contributed by atoms with Crippen molar-refractivity contribution >= 4 is 17.9 Å². The van der Waals surface area contributed by atoms with E-state index in [0.29, 0.717) is 38.9 Å². The first-order valence-electron chi connectivity index (χ1n) is 7.46. The Morgan fingerprint density at radius 3 is 2.52 bits per heavy atom. The molecule has 2 heterocycles. The van der Waals surface area contributed by atoms with Gasteiger partial charge in [0.25, 0.3) is 0 Å². The van der Waals surface area contributed by atoms with E-state index < -0.39 is 11.4 Å². The fourth-order valence-electron chi connectivity index (χ4n) is 3.37. The van der Waals surface area contributed by atoms with Crippen LogP contribution in [0, 0.1) is 11.3 Å². The van der Waals surface area contributed by atoms with E-state index in [1.54, 1.807) is 9.80 Å². The van der Waals surface area contributed by atoms with Crippen molar-refractivity contribution in [2.45, 2.75) is 32.6 Å². The Kier molecular flexibility index (Phi) is 4.39. The molecule has 2 saturated heterocycles. The average Bonchev–Trinajstić information content (AvgIpc) is 3.06. The van der Waals surface area contributed by atoms with Crippen LogP contribution in [0.2, 0.25) is 0 Å². The fourth-order valence-corrected chi connectivity index (χ4v) is 3.37. The Balaban J connectivity index is 1.99. The second-order valence-electron chi connectivity index (χ2n) is 6.12. The van der Waals surface area contributed by atoms with E-state index >= 15 is 0 Å². The van der Waals surface area contributed by atoms with Gasteiger partial charge in [0.1, 0.15) is 0 Å². The van der Waals surface area contributed by atoms with Gasteiger partial charge in [0.15, 0.2) is 0 Å². The zero-order chi connectivity index (χ0) is 15.6. The highest BCUT2D eigenvalue weighted by Gasteiger charge is 2.46. The number of carbonyl (C=O) groups is 3. The average molecular weight is 297 g/mol. The number of hydrogen-bond acceptors (Lipinski definition) is 3. The predicted octanol–water partition coefficient (Wildman–Crippen LogP) is 0.490. The number of nitrogens with two attached hydrogens (primary N) is 1. The lowest BCUT2D eigenvalue weighted by Gasteiger charge is -2.27. The van der Waals surface area contributed by atoms with Crippen LogP contribution in [0.3, 0.4) is 0 Å². The number of carboxylic acids is 1. The van der Waals surface area contributed by atoms with Crippen LogP contribution in [-0.4, -0.2) is 59.0 Å². The molecule has 0 aromatic heterocycles. The Morgan fingerprint density at radius 1 is 1.29 bits per heavy atom. The van der Waals surface area contributed by atoms with Crippen molar-refractivity contribution in [2.24, 2.45) is 17.1 Å². The zero-order valence-corrected chi connectivity index (χ0v) is 12.4. The number of nitrogens with zero attached hydrogens (tertiary/aromatic N) is 2. The van der Waals surface area contributed by atoms with Gasteiger partial charge in [0, 0.05) is 26.2 Å². The molecule has 3 amide bonds. The second-order valence-corrected chi connectivity index (χ2v) is 6.12. The van der Waals surface area contributed by atoms with Crippen LogP contribution in [0.1, 0.15) is 32.6 Å². The van der Waals surface area contributed by atoms with Crippen LogP contribution >= 0.6 is 0 Å². The van der Waals surface area contributed by atoms with Crippen molar-refractivity contribution in [3.63, 3.8) is 0 Å². The predicted molar refractivity (Wildman–Crippen MR) is 75.4 cm³/mol. The molecule has 2 unspecified atom stereocenters. The number of carbonyl (C=O) groups excluding carboxylic acids is 2. The number of urea groups is 1. The molecule has 0 aromatic rings. The quantitative estimate of drug-likeness (QED) is 0.788. The third-order valence-corrected chi connectivity index (χ3v) is 4.67. The molecule has 2 fully saturated rings. The normalized spacial score (nSPS) is 28.9. The van der Waals surface area contributed by atoms with Crippen molar-refractivity contribution in [3.8, 4) is 0 Å². The molecule has 0 bridgehead atoms. The molecule has 0 aromatic carbocycles. The molecule has 0 spiro atoms. The number of aliphatic carboxylic acids is 1. The van der Waals surface area contributed by atoms with Crippen molar-refractivity contribution in [3.05, 3.63) is 0 Å². The third kappa shape index (κ3) is 2.96. The minimum atomic E-state index is -0.823. The second kappa shape index (κ2) is 5.91. The highest BCUT2D eigenvalue weighted by atomic mass is 16.4. The maximum atomic E-state index is 12.4. The minimum Gasteiger partial charge on any atom is -0.481 e. The van der Waals surface area contributed by atoms with Crippen molar-refractivity contribution < 1.29 is 19.5 Å². The van der Waals surface area contributed by atoms with E-state index in [9.17, 15) is 19.5 Å². The first-order chi connectivity index (χ1) is 9.89. The summed E-state index contributed by atoms with van der Waals surface area (Å²) >= 11 is 0. The van der Waals surface area contributed by atoms with Gasteiger partial charge in [-0.3, -0.25) is 9.59 Å². The SMILES string of the molecule is CCCC1(C(=O)O)CCN(C(=O)N2CCC(C(N)=O)C2)C1. The Morgan fingerprint density at radius 2 is 2.00 bits per heavy atom. The first-order valence-corrected chi connectivity index (χ1v) is 7.46. The smallest absolute Gasteiger partial charge is 0.320 e. The Bertz CT molecular complexity index is 454. The van der Waals surface area contributed by atoms with E-state index in [-0.39, 0.29) is 24.4 Å². The van der Waals surface area contributed by atoms with Crippen molar-refractivity contribution in [1.29, 1.82) is 0 Å². The molecular weight excluding hydrogens is 274 g/mol. The summed E-state index contributed by atoms with van der Waals surface area (Å²) < 4.78 is 0. The van der Waals surface area contributed by atoms with Gasteiger partial charge in [0.2, 0.25) is 5.91 Å². The summed E-state index contributed by atoms with van der Waals surface area (Å²) in [5.74, 6) is -1.48. The number of hydrogen-bond donors (Lipinski definition) is 2. The van der Waals surface area contributed by atoms with Gasteiger partial charge in [-0.05, 0) is 19.3 Å². The molecule has 0 aliphatic carbocycles. The molecule has 0 radical (unpaired) electrons. The summed E-state index contributed by atoms with van der Waals surface area (Å²) in [6, 6.07) is -0.169. The maximum Gasteiger partial charge on any atom is 0.320 e. The summed E-state index contributed by atoms with van der Waals surface area (Å²) in [5.41, 5.74) is 4.46. The molecule has 21 heavy (non-hydrogen) atoms. The molecule has 2 aliphatic rings. The van der Waals surface area contributed by atoms with Gasteiger partial charge in [-0.1, -0.05) is 13.3 Å². The molecule has 7 nitrogen and oxygen atoms in total. The zero-order valence-electron chi connectivity index (χ0n) is 12.4. The number of likely N-dealkylation sites (tertiary alicyclic amines) is 2. The lowest BCUT2D eigenvalue weighted by atomic mass is 9.83. The molecule has 2 rings (SSSR count). The summed E-state index contributed by atoms with van der Waals surface area (Å²) in [6.45, 7) is 3.53. The standard InChI is InChI=1S/C14H23N3O4/c1-2-4-14(12(19)20)5-7-17(9-14)13(21)16-6-3-10(8-16)11(15)18/h10H,2-9H2,1H3,(H2,15,18)(H,19,20). The summed E-state index contributed by atoms with van der Waals surface area (Å²) in [7, 11) is 0.